The second-order valence-electron chi connectivity index (χ2n) is 8.64. The fraction of sp³-hybridized carbons (Fsp3) is 0.500. The smallest absolute Gasteiger partial charge is 0.255 e. The van der Waals surface area contributed by atoms with Crippen molar-refractivity contribution < 1.29 is 14.3 Å². The lowest BCUT2D eigenvalue weighted by molar-refractivity contribution is 0.0933. The maximum absolute atomic E-state index is 12.6. The molecule has 0 radical (unpaired) electrons. The Balaban J connectivity index is 1.26. The fourth-order valence-electron chi connectivity index (χ4n) is 4.16. The molecule has 33 heavy (non-hydrogen) atoms. The van der Waals surface area contributed by atoms with Crippen molar-refractivity contribution in [3.05, 3.63) is 53.1 Å². The van der Waals surface area contributed by atoms with E-state index in [0.717, 1.165) is 51.3 Å². The number of unbranched alkanes of at least 4 members (excludes halogenated alkanes) is 3. The highest BCUT2D eigenvalue weighted by atomic mass is 35.5. The Morgan fingerprint density at radius 2 is 1.85 bits per heavy atom. The lowest BCUT2D eigenvalue weighted by atomic mass is 9.96. The molecule has 180 valence electrons. The van der Waals surface area contributed by atoms with Crippen LogP contribution in [0.4, 0.5) is 5.69 Å². The zero-order valence-electron chi connectivity index (χ0n) is 19.5. The SMILES string of the molecule is COc1cc(N)c(Cl)cc1C(=O)NCC1CCN(CCCCCCOc2ccccc2)CC1. The number of amides is 1. The molecule has 3 rings (SSSR count). The number of likely N-dealkylation sites (tertiary alicyclic amines) is 1. The van der Waals surface area contributed by atoms with E-state index < -0.39 is 0 Å². The quantitative estimate of drug-likeness (QED) is 0.334. The third-order valence-corrected chi connectivity index (χ3v) is 6.53. The van der Waals surface area contributed by atoms with Crippen molar-refractivity contribution in [3.63, 3.8) is 0 Å². The molecule has 0 bridgehead atoms. The number of ether oxygens (including phenoxy) is 2. The summed E-state index contributed by atoms with van der Waals surface area (Å²) in [6, 6.07) is 13.2. The minimum absolute atomic E-state index is 0.174. The number of hydrogen-bond donors (Lipinski definition) is 2. The third-order valence-electron chi connectivity index (χ3n) is 6.20. The number of carbonyl (C=O) groups excluding carboxylic acids is 1. The van der Waals surface area contributed by atoms with Gasteiger partial charge in [-0.3, -0.25) is 4.79 Å². The van der Waals surface area contributed by atoms with Crippen molar-refractivity contribution >= 4 is 23.2 Å². The van der Waals surface area contributed by atoms with E-state index in [2.05, 4.69) is 10.2 Å². The van der Waals surface area contributed by atoms with Gasteiger partial charge in [0.1, 0.15) is 11.5 Å². The Morgan fingerprint density at radius 1 is 1.12 bits per heavy atom. The highest BCUT2D eigenvalue weighted by Gasteiger charge is 2.21. The van der Waals surface area contributed by atoms with E-state index in [1.807, 2.05) is 30.3 Å². The van der Waals surface area contributed by atoms with Crippen molar-refractivity contribution in [1.82, 2.24) is 10.2 Å². The van der Waals surface area contributed by atoms with Gasteiger partial charge in [-0.25, -0.2) is 0 Å². The van der Waals surface area contributed by atoms with Gasteiger partial charge in [0.05, 0.1) is 30.0 Å². The van der Waals surface area contributed by atoms with Crippen LogP contribution in [0.15, 0.2) is 42.5 Å². The first-order chi connectivity index (χ1) is 16.1. The predicted octanol–water partition coefficient (Wildman–Crippen LogP) is 5.01. The van der Waals surface area contributed by atoms with Gasteiger partial charge < -0.3 is 25.4 Å². The molecule has 1 amide bonds. The number of anilines is 1. The number of halogens is 1. The summed E-state index contributed by atoms with van der Waals surface area (Å²) in [7, 11) is 1.52. The molecule has 2 aromatic rings. The molecule has 6 nitrogen and oxygen atoms in total. The molecule has 0 atom stereocenters. The highest BCUT2D eigenvalue weighted by molar-refractivity contribution is 6.33. The lowest BCUT2D eigenvalue weighted by Gasteiger charge is -2.32. The van der Waals surface area contributed by atoms with Gasteiger partial charge in [-0.2, -0.15) is 0 Å². The van der Waals surface area contributed by atoms with Crippen LogP contribution in [-0.4, -0.2) is 50.7 Å². The number of nitrogens with one attached hydrogen (secondary N) is 1. The van der Waals surface area contributed by atoms with E-state index in [1.54, 1.807) is 12.1 Å². The summed E-state index contributed by atoms with van der Waals surface area (Å²) < 4.78 is 11.0. The van der Waals surface area contributed by atoms with Gasteiger partial charge in [0, 0.05) is 12.6 Å². The van der Waals surface area contributed by atoms with Gasteiger partial charge in [-0.1, -0.05) is 42.6 Å². The van der Waals surface area contributed by atoms with Gasteiger partial charge in [0.15, 0.2) is 0 Å². The molecule has 2 aromatic carbocycles. The fourth-order valence-corrected chi connectivity index (χ4v) is 4.32. The second-order valence-corrected chi connectivity index (χ2v) is 9.05. The molecule has 1 aliphatic heterocycles. The number of hydrogen-bond acceptors (Lipinski definition) is 5. The number of methoxy groups -OCH3 is 1. The minimum Gasteiger partial charge on any atom is -0.496 e. The van der Waals surface area contributed by atoms with Crippen LogP contribution in [0.25, 0.3) is 0 Å². The lowest BCUT2D eigenvalue weighted by Crippen LogP contribution is -2.39. The van der Waals surface area contributed by atoms with Gasteiger partial charge in [-0.05, 0) is 69.4 Å². The maximum Gasteiger partial charge on any atom is 0.255 e. The number of rotatable bonds is 12. The first kappa shape index (κ1) is 25.2. The number of nitrogens with zero attached hydrogens (tertiary/aromatic N) is 1. The Morgan fingerprint density at radius 3 is 2.58 bits per heavy atom. The molecule has 0 aliphatic carbocycles. The van der Waals surface area contributed by atoms with Crippen LogP contribution in [-0.2, 0) is 0 Å². The Bertz CT molecular complexity index is 871. The molecule has 0 spiro atoms. The topological polar surface area (TPSA) is 76.8 Å². The van der Waals surface area contributed by atoms with Crippen molar-refractivity contribution in [2.45, 2.75) is 38.5 Å². The van der Waals surface area contributed by atoms with Gasteiger partial charge in [0.2, 0.25) is 0 Å². The Labute approximate surface area is 202 Å². The third kappa shape index (κ3) is 8.13. The molecular weight excluding hydrogens is 438 g/mol. The number of benzene rings is 2. The largest absolute Gasteiger partial charge is 0.496 e. The van der Waals surface area contributed by atoms with Crippen molar-refractivity contribution in [1.29, 1.82) is 0 Å². The first-order valence-corrected chi connectivity index (χ1v) is 12.3. The Hall–Kier alpha value is -2.44. The normalized spacial score (nSPS) is 14.7. The van der Waals surface area contributed by atoms with Gasteiger partial charge in [-0.15, -0.1) is 0 Å². The van der Waals surface area contributed by atoms with E-state index in [1.165, 1.54) is 26.4 Å². The summed E-state index contributed by atoms with van der Waals surface area (Å²) >= 11 is 6.08. The van der Waals surface area contributed by atoms with Crippen molar-refractivity contribution in [3.8, 4) is 11.5 Å². The predicted molar refractivity (Wildman–Crippen MR) is 134 cm³/mol. The molecule has 0 saturated carbocycles. The van der Waals surface area contributed by atoms with Crippen LogP contribution >= 0.6 is 11.6 Å². The van der Waals surface area contributed by atoms with Crippen LogP contribution in [0.1, 0.15) is 48.9 Å². The van der Waals surface area contributed by atoms with E-state index in [9.17, 15) is 4.79 Å². The van der Waals surface area contributed by atoms with Gasteiger partial charge >= 0.3 is 0 Å². The summed E-state index contributed by atoms with van der Waals surface area (Å²) in [4.78, 5) is 15.2. The molecule has 1 heterocycles. The summed E-state index contributed by atoms with van der Waals surface area (Å²) in [6.45, 7) is 4.79. The van der Waals surface area contributed by atoms with Crippen LogP contribution in [0.2, 0.25) is 5.02 Å². The maximum atomic E-state index is 12.6. The standard InChI is InChI=1S/C26H36ClN3O3/c1-32-25-18-24(28)23(27)17-22(25)26(31)29-19-20-11-14-30(15-12-20)13-7-2-3-8-16-33-21-9-5-4-6-10-21/h4-6,9-10,17-18,20H,2-3,7-8,11-16,19,28H2,1H3,(H,29,31). The average molecular weight is 474 g/mol. The Kier molecular flexibility index (Phi) is 10.2. The molecule has 0 aromatic heterocycles. The zero-order valence-corrected chi connectivity index (χ0v) is 20.3. The minimum atomic E-state index is -0.174. The molecule has 7 heteroatoms. The molecule has 0 unspecified atom stereocenters. The highest BCUT2D eigenvalue weighted by Crippen LogP contribution is 2.29. The van der Waals surface area contributed by atoms with Crippen LogP contribution in [0.3, 0.4) is 0 Å². The van der Waals surface area contributed by atoms with Crippen LogP contribution < -0.4 is 20.5 Å². The molecular formula is C26H36ClN3O3. The second kappa shape index (κ2) is 13.3. The number of piperidine rings is 1. The van der Waals surface area contributed by atoms with Crippen molar-refractivity contribution in [2.75, 3.05) is 45.6 Å². The molecule has 1 fully saturated rings. The van der Waals surface area contributed by atoms with Crippen molar-refractivity contribution in [2.24, 2.45) is 5.92 Å². The summed E-state index contributed by atoms with van der Waals surface area (Å²) in [5.74, 6) is 1.71. The number of carbonyl (C=O) groups is 1. The average Bonchev–Trinajstić information content (AvgIpc) is 2.84. The summed E-state index contributed by atoms with van der Waals surface area (Å²) in [5.41, 5.74) is 6.62. The molecule has 1 saturated heterocycles. The van der Waals surface area contributed by atoms with E-state index >= 15 is 0 Å². The first-order valence-electron chi connectivity index (χ1n) is 11.9. The molecule has 3 N–H and O–H groups in total. The van der Waals surface area contributed by atoms with Gasteiger partial charge in [0.25, 0.3) is 5.91 Å². The van der Waals surface area contributed by atoms with E-state index in [-0.39, 0.29) is 5.91 Å². The number of para-hydroxylation sites is 1. The number of nitrogens with two attached hydrogens (primary N) is 1. The number of nitrogen functional groups attached to an aromatic ring is 1. The van der Waals surface area contributed by atoms with Crippen LogP contribution in [0.5, 0.6) is 11.5 Å². The van der Waals surface area contributed by atoms with E-state index in [4.69, 9.17) is 26.8 Å². The van der Waals surface area contributed by atoms with Crippen LogP contribution in [0, 0.1) is 5.92 Å². The molecule has 1 aliphatic rings. The summed E-state index contributed by atoms with van der Waals surface area (Å²) in [6.07, 6.45) is 6.97. The van der Waals surface area contributed by atoms with E-state index in [0.29, 0.717) is 34.5 Å². The zero-order chi connectivity index (χ0) is 23.5. The monoisotopic (exact) mass is 473 g/mol. The summed E-state index contributed by atoms with van der Waals surface area (Å²) in [5, 5.41) is 3.40.